The summed E-state index contributed by atoms with van der Waals surface area (Å²) in [6.07, 6.45) is 3.16. The Hall–Kier alpha value is -0.850. The number of nitrogens with one attached hydrogen (secondary N) is 1. The Labute approximate surface area is 132 Å². The molecule has 0 atom stereocenters. The fraction of sp³-hybridized carbons (Fsp3) is 0.462. The largest absolute Gasteiger partial charge is 0.351 e. The molecule has 1 fully saturated rings. The molecule has 0 spiro atoms. The third-order valence-electron chi connectivity index (χ3n) is 3.77. The topological polar surface area (TPSA) is 63.2 Å². The maximum Gasteiger partial charge on any atom is 0.264 e. The molecule has 0 radical (unpaired) electrons. The quantitative estimate of drug-likeness (QED) is 0.844. The molecule has 4 nitrogen and oxygen atoms in total. The second-order valence-electron chi connectivity index (χ2n) is 5.55. The van der Waals surface area contributed by atoms with Gasteiger partial charge in [-0.3, -0.25) is 4.79 Å². The zero-order valence-electron chi connectivity index (χ0n) is 11.3. The smallest absolute Gasteiger partial charge is 0.264 e. The van der Waals surface area contributed by atoms with Gasteiger partial charge in [0.05, 0.1) is 10.6 Å². The summed E-state index contributed by atoms with van der Waals surface area (Å²) in [5, 5.41) is 2.54. The van der Waals surface area contributed by atoms with Crippen LogP contribution < -0.4 is 5.32 Å². The van der Waals surface area contributed by atoms with Crippen LogP contribution in [0, 0.1) is 11.2 Å². The van der Waals surface area contributed by atoms with Gasteiger partial charge in [0.1, 0.15) is 10.7 Å². The molecule has 116 valence electrons. The number of amides is 1. The number of hydrogen-bond acceptors (Lipinski definition) is 3. The van der Waals surface area contributed by atoms with E-state index in [9.17, 15) is 17.6 Å². The van der Waals surface area contributed by atoms with Crippen LogP contribution in [0.1, 0.15) is 36.5 Å². The molecule has 0 heterocycles. The van der Waals surface area contributed by atoms with E-state index in [-0.39, 0.29) is 16.0 Å². The molecule has 0 unspecified atom stereocenters. The van der Waals surface area contributed by atoms with E-state index >= 15 is 0 Å². The first-order valence-corrected chi connectivity index (χ1v) is 9.03. The van der Waals surface area contributed by atoms with E-state index in [1.54, 1.807) is 0 Å². The highest BCUT2D eigenvalue weighted by Crippen LogP contribution is 2.39. The molecular formula is C13H14Cl2FNO3S. The number of benzene rings is 1. The van der Waals surface area contributed by atoms with Crippen molar-refractivity contribution in [2.24, 2.45) is 5.41 Å². The predicted octanol–water partition coefficient (Wildman–Crippen LogP) is 3.33. The summed E-state index contributed by atoms with van der Waals surface area (Å²) in [7, 11) is 0.847. The van der Waals surface area contributed by atoms with Crippen molar-refractivity contribution in [2.75, 3.05) is 6.54 Å². The average Bonchev–Trinajstić information content (AvgIpc) is 2.32. The van der Waals surface area contributed by atoms with E-state index in [0.29, 0.717) is 6.54 Å². The van der Waals surface area contributed by atoms with Crippen LogP contribution in [0.5, 0.6) is 0 Å². The number of rotatable bonds is 4. The molecule has 1 aromatic carbocycles. The van der Waals surface area contributed by atoms with Crippen LogP contribution in [-0.4, -0.2) is 20.9 Å². The second kappa shape index (κ2) is 5.74. The van der Waals surface area contributed by atoms with E-state index in [1.165, 1.54) is 0 Å². The average molecular weight is 354 g/mol. The zero-order chi connectivity index (χ0) is 15.8. The Balaban J connectivity index is 2.24. The molecule has 0 aromatic heterocycles. The van der Waals surface area contributed by atoms with Gasteiger partial charge in [0.25, 0.3) is 15.0 Å². The van der Waals surface area contributed by atoms with Gasteiger partial charge >= 0.3 is 0 Å². The molecule has 0 saturated heterocycles. The van der Waals surface area contributed by atoms with Gasteiger partial charge in [-0.1, -0.05) is 24.9 Å². The van der Waals surface area contributed by atoms with Crippen molar-refractivity contribution in [3.05, 3.63) is 28.5 Å². The fourth-order valence-corrected chi connectivity index (χ4v) is 3.38. The lowest BCUT2D eigenvalue weighted by Crippen LogP contribution is -2.40. The first-order chi connectivity index (χ1) is 9.62. The van der Waals surface area contributed by atoms with Gasteiger partial charge in [-0.05, 0) is 30.4 Å². The van der Waals surface area contributed by atoms with Crippen molar-refractivity contribution in [3.8, 4) is 0 Å². The minimum atomic E-state index is -4.28. The number of carbonyl (C=O) groups excluding carboxylic acids is 1. The molecule has 1 aliphatic carbocycles. The third-order valence-corrected chi connectivity index (χ3v) is 5.41. The highest BCUT2D eigenvalue weighted by Gasteiger charge is 2.32. The summed E-state index contributed by atoms with van der Waals surface area (Å²) in [6.45, 7) is 2.51. The van der Waals surface area contributed by atoms with Crippen LogP contribution in [0.2, 0.25) is 5.02 Å². The number of hydrogen-bond donors (Lipinski definition) is 1. The Morgan fingerprint density at radius 3 is 2.52 bits per heavy atom. The predicted molar refractivity (Wildman–Crippen MR) is 78.7 cm³/mol. The Bertz CT molecular complexity index is 687. The minimum Gasteiger partial charge on any atom is -0.351 e. The summed E-state index contributed by atoms with van der Waals surface area (Å²) in [5.74, 6) is -1.63. The summed E-state index contributed by atoms with van der Waals surface area (Å²) in [5.41, 5.74) is -0.0518. The van der Waals surface area contributed by atoms with E-state index in [4.69, 9.17) is 22.3 Å². The monoisotopic (exact) mass is 353 g/mol. The lowest BCUT2D eigenvalue weighted by Gasteiger charge is -2.38. The second-order valence-corrected chi connectivity index (χ2v) is 8.49. The van der Waals surface area contributed by atoms with Gasteiger partial charge in [0.2, 0.25) is 0 Å². The van der Waals surface area contributed by atoms with Crippen LogP contribution in [0.3, 0.4) is 0 Å². The molecule has 1 aliphatic rings. The molecule has 1 amide bonds. The van der Waals surface area contributed by atoms with E-state index in [2.05, 4.69) is 12.2 Å². The van der Waals surface area contributed by atoms with Crippen LogP contribution in [0.4, 0.5) is 4.39 Å². The van der Waals surface area contributed by atoms with Crippen molar-refractivity contribution < 1.29 is 17.6 Å². The first-order valence-electron chi connectivity index (χ1n) is 6.34. The maximum atomic E-state index is 13.5. The zero-order valence-corrected chi connectivity index (χ0v) is 13.6. The van der Waals surface area contributed by atoms with Gasteiger partial charge in [0.15, 0.2) is 0 Å². The van der Waals surface area contributed by atoms with E-state index < -0.39 is 25.7 Å². The summed E-state index contributed by atoms with van der Waals surface area (Å²) >= 11 is 5.81. The standard InChI is InChI=1S/C13H14Cl2FNO3S/c1-13(3-2-4-13)7-17-12(18)8-5-11(21(15,19)20)10(16)6-9(8)14/h5-6H,2-4,7H2,1H3,(H,17,18). The highest BCUT2D eigenvalue weighted by atomic mass is 35.7. The lowest BCUT2D eigenvalue weighted by atomic mass is 9.70. The molecule has 1 N–H and O–H groups in total. The maximum absolute atomic E-state index is 13.5. The van der Waals surface area contributed by atoms with E-state index in [1.807, 2.05) is 0 Å². The van der Waals surface area contributed by atoms with Crippen molar-refractivity contribution in [1.82, 2.24) is 5.32 Å². The molecule has 21 heavy (non-hydrogen) atoms. The van der Waals surface area contributed by atoms with Crippen molar-refractivity contribution in [2.45, 2.75) is 31.1 Å². The van der Waals surface area contributed by atoms with Crippen molar-refractivity contribution in [3.63, 3.8) is 0 Å². The van der Waals surface area contributed by atoms with E-state index in [0.717, 1.165) is 31.4 Å². The van der Waals surface area contributed by atoms with Gasteiger partial charge < -0.3 is 5.32 Å². The number of carbonyl (C=O) groups is 1. The minimum absolute atomic E-state index is 0.0591. The summed E-state index contributed by atoms with van der Waals surface area (Å²) in [6, 6.07) is 1.63. The van der Waals surface area contributed by atoms with Crippen LogP contribution in [0.25, 0.3) is 0 Å². The Morgan fingerprint density at radius 2 is 2.05 bits per heavy atom. The van der Waals surface area contributed by atoms with Crippen molar-refractivity contribution >= 4 is 37.2 Å². The van der Waals surface area contributed by atoms with Gasteiger partial charge in [-0.2, -0.15) is 0 Å². The van der Waals surface area contributed by atoms with Crippen LogP contribution in [0.15, 0.2) is 17.0 Å². The third kappa shape index (κ3) is 3.67. The fourth-order valence-electron chi connectivity index (χ4n) is 2.24. The molecule has 0 bridgehead atoms. The van der Waals surface area contributed by atoms with Crippen LogP contribution in [-0.2, 0) is 9.05 Å². The molecule has 0 aliphatic heterocycles. The van der Waals surface area contributed by atoms with Gasteiger partial charge in [0, 0.05) is 17.2 Å². The summed E-state index contributed by atoms with van der Waals surface area (Å²) < 4.78 is 36.1. The lowest BCUT2D eigenvalue weighted by molar-refractivity contribution is 0.0890. The molecule has 8 heteroatoms. The van der Waals surface area contributed by atoms with Crippen LogP contribution >= 0.6 is 22.3 Å². The number of halogens is 3. The summed E-state index contributed by atoms with van der Waals surface area (Å²) in [4.78, 5) is 11.3. The SMILES string of the molecule is CC1(CNC(=O)c2cc(S(=O)(=O)Cl)c(F)cc2Cl)CCC1. The molecule has 2 rings (SSSR count). The van der Waals surface area contributed by atoms with Gasteiger partial charge in [-0.25, -0.2) is 12.8 Å². The Kier molecular flexibility index (Phi) is 4.52. The Morgan fingerprint density at radius 1 is 1.43 bits per heavy atom. The van der Waals surface area contributed by atoms with Crippen molar-refractivity contribution in [1.29, 1.82) is 0 Å². The molecule has 1 saturated carbocycles. The first kappa shape index (κ1) is 16.5. The molecular weight excluding hydrogens is 340 g/mol. The molecule has 1 aromatic rings. The van der Waals surface area contributed by atoms with Gasteiger partial charge in [-0.15, -0.1) is 0 Å². The normalized spacial score (nSPS) is 17.1. The highest BCUT2D eigenvalue weighted by molar-refractivity contribution is 8.13.